The molecule has 156 valence electrons. The molecule has 1 aliphatic rings. The van der Waals surface area contributed by atoms with Crippen molar-refractivity contribution in [2.24, 2.45) is 0 Å². The highest BCUT2D eigenvalue weighted by molar-refractivity contribution is 5.81. The Hall–Kier alpha value is -3.88. The molecule has 4 aromatic rings. The molecule has 0 atom stereocenters. The Kier molecular flexibility index (Phi) is 4.99. The number of likely N-dealkylation sites (tertiary alicyclic amines) is 1. The summed E-state index contributed by atoms with van der Waals surface area (Å²) in [5.74, 6) is 0.487. The number of hydrogen-bond donors (Lipinski definition) is 0. The van der Waals surface area contributed by atoms with Crippen LogP contribution in [0.15, 0.2) is 65.6 Å². The number of aromatic nitrogens is 6. The standard InChI is InChI=1S/C22H21N7O2/c30-20(15-28-22(31)19-9-5-4-8-17(19)14-23-28)27-12-10-18(11-13-27)29-25-21(24-26-29)16-6-2-1-3-7-16/h1-9,14,18H,10-13,15H2. The summed E-state index contributed by atoms with van der Waals surface area (Å²) in [6.07, 6.45) is 3.09. The van der Waals surface area contributed by atoms with E-state index in [-0.39, 0.29) is 24.1 Å². The summed E-state index contributed by atoms with van der Waals surface area (Å²) in [6.45, 7) is 1.09. The molecule has 31 heavy (non-hydrogen) atoms. The predicted molar refractivity (Wildman–Crippen MR) is 114 cm³/mol. The third-order valence-corrected chi connectivity index (χ3v) is 5.65. The van der Waals surface area contributed by atoms with Gasteiger partial charge in [0, 0.05) is 24.0 Å². The van der Waals surface area contributed by atoms with E-state index in [9.17, 15) is 9.59 Å². The molecule has 0 saturated carbocycles. The van der Waals surface area contributed by atoms with Crippen molar-refractivity contribution in [3.05, 3.63) is 71.1 Å². The lowest BCUT2D eigenvalue weighted by atomic mass is 10.1. The Labute approximate surface area is 177 Å². The molecule has 1 aliphatic heterocycles. The van der Waals surface area contributed by atoms with Crippen LogP contribution in [0.25, 0.3) is 22.2 Å². The molecule has 0 N–H and O–H groups in total. The highest BCUT2D eigenvalue weighted by atomic mass is 16.2. The summed E-state index contributed by atoms with van der Waals surface area (Å²) < 4.78 is 1.24. The minimum absolute atomic E-state index is 0.0614. The maximum absolute atomic E-state index is 12.8. The van der Waals surface area contributed by atoms with Crippen LogP contribution in [0.2, 0.25) is 0 Å². The molecule has 2 aromatic heterocycles. The van der Waals surface area contributed by atoms with Gasteiger partial charge in [0.05, 0.1) is 17.6 Å². The van der Waals surface area contributed by atoms with Gasteiger partial charge in [0.2, 0.25) is 11.7 Å². The van der Waals surface area contributed by atoms with Crippen LogP contribution in [0.4, 0.5) is 0 Å². The number of rotatable bonds is 4. The number of carbonyl (C=O) groups excluding carboxylic acids is 1. The van der Waals surface area contributed by atoms with Crippen molar-refractivity contribution in [3.63, 3.8) is 0 Å². The number of benzene rings is 2. The van der Waals surface area contributed by atoms with Gasteiger partial charge in [-0.15, -0.1) is 10.2 Å². The highest BCUT2D eigenvalue weighted by Crippen LogP contribution is 2.22. The molecule has 0 spiro atoms. The Morgan fingerprint density at radius 2 is 1.74 bits per heavy atom. The van der Waals surface area contributed by atoms with Gasteiger partial charge in [-0.1, -0.05) is 48.5 Å². The van der Waals surface area contributed by atoms with Gasteiger partial charge < -0.3 is 4.90 Å². The lowest BCUT2D eigenvalue weighted by Gasteiger charge is -2.31. The first-order valence-corrected chi connectivity index (χ1v) is 10.3. The molecular formula is C22H21N7O2. The molecule has 1 amide bonds. The van der Waals surface area contributed by atoms with E-state index < -0.39 is 0 Å². The first-order chi connectivity index (χ1) is 15.2. The summed E-state index contributed by atoms with van der Waals surface area (Å²) >= 11 is 0. The SMILES string of the molecule is O=C(Cn1ncc2ccccc2c1=O)N1CCC(n2nnc(-c3ccccc3)n2)CC1. The van der Waals surface area contributed by atoms with Crippen LogP contribution in [0.3, 0.4) is 0 Å². The van der Waals surface area contributed by atoms with E-state index in [2.05, 4.69) is 20.5 Å². The molecule has 2 aromatic carbocycles. The second kappa shape index (κ2) is 8.10. The fraction of sp³-hybridized carbons (Fsp3) is 0.273. The number of piperidine rings is 1. The van der Waals surface area contributed by atoms with Crippen molar-refractivity contribution in [1.29, 1.82) is 0 Å². The van der Waals surface area contributed by atoms with Crippen molar-refractivity contribution in [2.75, 3.05) is 13.1 Å². The smallest absolute Gasteiger partial charge is 0.275 e. The van der Waals surface area contributed by atoms with Gasteiger partial charge in [0.25, 0.3) is 5.56 Å². The number of amides is 1. The van der Waals surface area contributed by atoms with Crippen LogP contribution in [-0.4, -0.2) is 53.9 Å². The molecule has 5 rings (SSSR count). The molecule has 0 bridgehead atoms. The quantitative estimate of drug-likeness (QED) is 0.505. The summed E-state index contributed by atoms with van der Waals surface area (Å²) in [6, 6.07) is 17.1. The molecule has 0 radical (unpaired) electrons. The van der Waals surface area contributed by atoms with Gasteiger partial charge in [-0.25, -0.2) is 4.68 Å². The van der Waals surface area contributed by atoms with Crippen LogP contribution in [0.5, 0.6) is 0 Å². The Balaban J connectivity index is 1.23. The molecule has 1 fully saturated rings. The van der Waals surface area contributed by atoms with Crippen molar-refractivity contribution in [3.8, 4) is 11.4 Å². The minimum atomic E-state index is -0.249. The lowest BCUT2D eigenvalue weighted by molar-refractivity contribution is -0.133. The van der Waals surface area contributed by atoms with E-state index in [1.165, 1.54) is 4.68 Å². The zero-order chi connectivity index (χ0) is 21.2. The van der Waals surface area contributed by atoms with Crippen molar-refractivity contribution in [1.82, 2.24) is 34.9 Å². The maximum atomic E-state index is 12.8. The van der Waals surface area contributed by atoms with Gasteiger partial charge in [0.1, 0.15) is 6.54 Å². The van der Waals surface area contributed by atoms with E-state index in [1.54, 1.807) is 22.0 Å². The van der Waals surface area contributed by atoms with Crippen LogP contribution < -0.4 is 5.56 Å². The molecule has 3 heterocycles. The van der Waals surface area contributed by atoms with Crippen LogP contribution in [0, 0.1) is 0 Å². The van der Waals surface area contributed by atoms with Gasteiger partial charge >= 0.3 is 0 Å². The molecule has 1 saturated heterocycles. The third kappa shape index (κ3) is 3.81. The van der Waals surface area contributed by atoms with E-state index in [1.807, 2.05) is 48.5 Å². The van der Waals surface area contributed by atoms with Crippen LogP contribution >= 0.6 is 0 Å². The topological polar surface area (TPSA) is 98.8 Å². The number of nitrogens with zero attached hydrogens (tertiary/aromatic N) is 7. The zero-order valence-corrected chi connectivity index (χ0v) is 16.8. The predicted octanol–water partition coefficient (Wildman–Crippen LogP) is 1.91. The molecule has 0 aliphatic carbocycles. The number of carbonyl (C=O) groups is 1. The molecule has 0 unspecified atom stereocenters. The normalized spacial score (nSPS) is 14.8. The Morgan fingerprint density at radius 1 is 1.00 bits per heavy atom. The summed E-state index contributed by atoms with van der Waals surface area (Å²) in [7, 11) is 0. The summed E-state index contributed by atoms with van der Waals surface area (Å²) in [5, 5.41) is 18.4. The average molecular weight is 415 g/mol. The molecule has 9 nitrogen and oxygen atoms in total. The minimum Gasteiger partial charge on any atom is -0.341 e. The number of hydrogen-bond acceptors (Lipinski definition) is 6. The zero-order valence-electron chi connectivity index (χ0n) is 16.8. The lowest BCUT2D eigenvalue weighted by Crippen LogP contribution is -2.42. The van der Waals surface area contributed by atoms with Crippen LogP contribution in [0.1, 0.15) is 18.9 Å². The Bertz CT molecular complexity index is 1270. The van der Waals surface area contributed by atoms with E-state index in [0.717, 1.165) is 23.8 Å². The van der Waals surface area contributed by atoms with Crippen molar-refractivity contribution >= 4 is 16.7 Å². The van der Waals surface area contributed by atoms with Gasteiger partial charge in [0.15, 0.2) is 0 Å². The monoisotopic (exact) mass is 415 g/mol. The largest absolute Gasteiger partial charge is 0.341 e. The van der Waals surface area contributed by atoms with Gasteiger partial charge in [-0.3, -0.25) is 9.59 Å². The van der Waals surface area contributed by atoms with Crippen molar-refractivity contribution < 1.29 is 4.79 Å². The van der Waals surface area contributed by atoms with Gasteiger partial charge in [-0.2, -0.15) is 9.90 Å². The van der Waals surface area contributed by atoms with E-state index >= 15 is 0 Å². The highest BCUT2D eigenvalue weighted by Gasteiger charge is 2.26. The van der Waals surface area contributed by atoms with E-state index in [0.29, 0.717) is 24.3 Å². The first-order valence-electron chi connectivity index (χ1n) is 10.3. The fourth-order valence-corrected chi connectivity index (χ4v) is 3.90. The van der Waals surface area contributed by atoms with E-state index in [4.69, 9.17) is 0 Å². The summed E-state index contributed by atoms with van der Waals surface area (Å²) in [5.41, 5.74) is 0.677. The second-order valence-corrected chi connectivity index (χ2v) is 7.61. The second-order valence-electron chi connectivity index (χ2n) is 7.61. The fourth-order valence-electron chi connectivity index (χ4n) is 3.90. The summed E-state index contributed by atoms with van der Waals surface area (Å²) in [4.78, 5) is 28.8. The molecule has 9 heteroatoms. The average Bonchev–Trinajstić information content (AvgIpc) is 3.32. The third-order valence-electron chi connectivity index (χ3n) is 5.65. The first kappa shape index (κ1) is 19.1. The number of tetrazole rings is 1. The van der Waals surface area contributed by atoms with Crippen molar-refractivity contribution in [2.45, 2.75) is 25.4 Å². The maximum Gasteiger partial charge on any atom is 0.275 e. The number of fused-ring (bicyclic) bond motifs is 1. The van der Waals surface area contributed by atoms with Gasteiger partial charge in [-0.05, 0) is 24.1 Å². The Morgan fingerprint density at radius 3 is 2.55 bits per heavy atom. The molecular weight excluding hydrogens is 394 g/mol. The van der Waals surface area contributed by atoms with Crippen LogP contribution in [-0.2, 0) is 11.3 Å².